The Morgan fingerprint density at radius 3 is 2.36 bits per heavy atom. The second-order valence-corrected chi connectivity index (χ2v) is 3.77. The zero-order valence-corrected chi connectivity index (χ0v) is 9.03. The van der Waals surface area contributed by atoms with Crippen LogP contribution >= 0.6 is 0 Å². The van der Waals surface area contributed by atoms with Crippen molar-refractivity contribution >= 4 is 0 Å². The van der Waals surface area contributed by atoms with Crippen molar-refractivity contribution in [1.82, 2.24) is 4.98 Å². The average Bonchev–Trinajstić information content (AvgIpc) is 2.20. The molecule has 1 heterocycles. The lowest BCUT2D eigenvalue weighted by Crippen LogP contribution is -2.25. The van der Waals surface area contributed by atoms with Crippen molar-refractivity contribution in [2.75, 3.05) is 0 Å². The lowest BCUT2D eigenvalue weighted by Gasteiger charge is -2.27. The summed E-state index contributed by atoms with van der Waals surface area (Å²) in [5.41, 5.74) is 0.279. The summed E-state index contributed by atoms with van der Waals surface area (Å²) in [6, 6.07) is 3.84. The molecule has 14 heavy (non-hydrogen) atoms. The third kappa shape index (κ3) is 2.55. The van der Waals surface area contributed by atoms with E-state index < -0.39 is 5.60 Å². The van der Waals surface area contributed by atoms with Gasteiger partial charge < -0.3 is 5.11 Å². The van der Waals surface area contributed by atoms with E-state index in [1.54, 1.807) is 12.4 Å². The Morgan fingerprint density at radius 2 is 1.93 bits per heavy atom. The smallest absolute Gasteiger partial charge is 0.0911 e. The Morgan fingerprint density at radius 1 is 1.29 bits per heavy atom. The molecule has 0 aromatic carbocycles. The van der Waals surface area contributed by atoms with E-state index in [1.807, 2.05) is 12.1 Å². The molecule has 0 aliphatic heterocycles. The van der Waals surface area contributed by atoms with Gasteiger partial charge >= 0.3 is 0 Å². The molecule has 0 radical (unpaired) electrons. The molecule has 0 saturated carbocycles. The molecule has 0 saturated heterocycles. The van der Waals surface area contributed by atoms with Crippen molar-refractivity contribution < 1.29 is 5.11 Å². The molecule has 1 aromatic heterocycles. The molecule has 0 atom stereocenters. The van der Waals surface area contributed by atoms with Crippen molar-refractivity contribution in [1.29, 1.82) is 0 Å². The molecule has 78 valence electrons. The highest BCUT2D eigenvalue weighted by molar-refractivity contribution is 5.17. The van der Waals surface area contributed by atoms with Gasteiger partial charge in [-0.05, 0) is 18.9 Å². The second kappa shape index (κ2) is 5.11. The van der Waals surface area contributed by atoms with Gasteiger partial charge in [-0.2, -0.15) is 0 Å². The fraction of sp³-hybridized carbons (Fsp3) is 0.583. The van der Waals surface area contributed by atoms with Gasteiger partial charge in [0.1, 0.15) is 0 Å². The first kappa shape index (κ1) is 11.2. The third-order valence-corrected chi connectivity index (χ3v) is 2.53. The Kier molecular flexibility index (Phi) is 4.08. The van der Waals surface area contributed by atoms with Crippen LogP contribution in [0.25, 0.3) is 0 Å². The molecule has 0 aliphatic carbocycles. The maximum atomic E-state index is 10.4. The lowest BCUT2D eigenvalue weighted by atomic mass is 9.86. The molecule has 0 aliphatic rings. The van der Waals surface area contributed by atoms with E-state index in [2.05, 4.69) is 18.8 Å². The predicted octanol–water partition coefficient (Wildman–Crippen LogP) is 2.87. The summed E-state index contributed by atoms with van der Waals surface area (Å²) in [5.74, 6) is 0. The fourth-order valence-electron chi connectivity index (χ4n) is 1.88. The standard InChI is InChI=1S/C12H19NO/c1-3-7-12(14,8-4-2)11-6-5-9-13-10-11/h5-6,9-10,14H,3-4,7-8H2,1-2H3. The summed E-state index contributed by atoms with van der Waals surface area (Å²) in [5, 5.41) is 10.4. The summed E-state index contributed by atoms with van der Waals surface area (Å²) in [6.07, 6.45) is 7.11. The SMILES string of the molecule is CCCC(O)(CCC)c1cccnc1. The van der Waals surface area contributed by atoms with Crippen molar-refractivity contribution in [2.24, 2.45) is 0 Å². The second-order valence-electron chi connectivity index (χ2n) is 3.77. The third-order valence-electron chi connectivity index (χ3n) is 2.53. The number of hydrogen-bond donors (Lipinski definition) is 1. The fourth-order valence-corrected chi connectivity index (χ4v) is 1.88. The summed E-state index contributed by atoms with van der Waals surface area (Å²) < 4.78 is 0. The van der Waals surface area contributed by atoms with E-state index in [0.717, 1.165) is 31.2 Å². The minimum Gasteiger partial charge on any atom is -0.385 e. The zero-order chi connectivity index (χ0) is 10.4. The van der Waals surface area contributed by atoms with Crippen LogP contribution in [-0.4, -0.2) is 10.1 Å². The van der Waals surface area contributed by atoms with Gasteiger partial charge in [0.25, 0.3) is 0 Å². The van der Waals surface area contributed by atoms with Crippen molar-refractivity contribution in [3.63, 3.8) is 0 Å². The van der Waals surface area contributed by atoms with Gasteiger partial charge in [0, 0.05) is 18.0 Å². The lowest BCUT2D eigenvalue weighted by molar-refractivity contribution is 0.0166. The highest BCUT2D eigenvalue weighted by Gasteiger charge is 2.26. The van der Waals surface area contributed by atoms with Gasteiger partial charge in [-0.15, -0.1) is 0 Å². The number of pyridine rings is 1. The first-order valence-electron chi connectivity index (χ1n) is 5.36. The van der Waals surface area contributed by atoms with E-state index in [1.165, 1.54) is 0 Å². The van der Waals surface area contributed by atoms with Gasteiger partial charge in [0.2, 0.25) is 0 Å². The molecule has 0 spiro atoms. The van der Waals surface area contributed by atoms with Crippen LogP contribution in [-0.2, 0) is 5.60 Å². The highest BCUT2D eigenvalue weighted by atomic mass is 16.3. The first-order valence-corrected chi connectivity index (χ1v) is 5.36. The summed E-state index contributed by atoms with van der Waals surface area (Å²) in [4.78, 5) is 4.06. The van der Waals surface area contributed by atoms with Gasteiger partial charge in [-0.1, -0.05) is 32.8 Å². The number of hydrogen-bond acceptors (Lipinski definition) is 2. The quantitative estimate of drug-likeness (QED) is 0.780. The summed E-state index contributed by atoms with van der Waals surface area (Å²) in [6.45, 7) is 4.19. The highest BCUT2D eigenvalue weighted by Crippen LogP contribution is 2.30. The predicted molar refractivity (Wildman–Crippen MR) is 57.9 cm³/mol. The van der Waals surface area contributed by atoms with E-state index >= 15 is 0 Å². The van der Waals surface area contributed by atoms with Crippen LogP contribution in [0.5, 0.6) is 0 Å². The Hall–Kier alpha value is -0.890. The minimum atomic E-state index is -0.669. The van der Waals surface area contributed by atoms with E-state index in [4.69, 9.17) is 0 Å². The van der Waals surface area contributed by atoms with E-state index in [9.17, 15) is 5.11 Å². The largest absolute Gasteiger partial charge is 0.385 e. The minimum absolute atomic E-state index is 0.669. The van der Waals surface area contributed by atoms with Crippen molar-refractivity contribution in [3.05, 3.63) is 30.1 Å². The van der Waals surface area contributed by atoms with Gasteiger partial charge in [0.05, 0.1) is 5.60 Å². The summed E-state index contributed by atoms with van der Waals surface area (Å²) >= 11 is 0. The van der Waals surface area contributed by atoms with Gasteiger partial charge in [-0.25, -0.2) is 0 Å². The Bertz CT molecular complexity index is 252. The molecule has 0 unspecified atom stereocenters. The van der Waals surface area contributed by atoms with Crippen LogP contribution in [0.4, 0.5) is 0 Å². The molecule has 0 bridgehead atoms. The molecular weight excluding hydrogens is 174 g/mol. The van der Waals surface area contributed by atoms with E-state index in [0.29, 0.717) is 0 Å². The van der Waals surface area contributed by atoms with Crippen molar-refractivity contribution in [3.8, 4) is 0 Å². The van der Waals surface area contributed by atoms with Crippen LogP contribution in [0.15, 0.2) is 24.5 Å². The monoisotopic (exact) mass is 193 g/mol. The molecule has 0 fully saturated rings. The molecular formula is C12H19NO. The topological polar surface area (TPSA) is 33.1 Å². The first-order chi connectivity index (χ1) is 6.73. The Balaban J connectivity index is 2.87. The van der Waals surface area contributed by atoms with Crippen LogP contribution in [0.1, 0.15) is 45.1 Å². The maximum Gasteiger partial charge on any atom is 0.0911 e. The number of aliphatic hydroxyl groups is 1. The summed E-state index contributed by atoms with van der Waals surface area (Å²) in [7, 11) is 0. The normalized spacial score (nSPS) is 11.6. The Labute approximate surface area is 86.0 Å². The van der Waals surface area contributed by atoms with Crippen molar-refractivity contribution in [2.45, 2.75) is 45.1 Å². The average molecular weight is 193 g/mol. The van der Waals surface area contributed by atoms with E-state index in [-0.39, 0.29) is 0 Å². The van der Waals surface area contributed by atoms with Crippen LogP contribution in [0, 0.1) is 0 Å². The molecule has 1 N–H and O–H groups in total. The zero-order valence-electron chi connectivity index (χ0n) is 9.03. The number of aromatic nitrogens is 1. The number of nitrogens with zero attached hydrogens (tertiary/aromatic N) is 1. The molecule has 2 heteroatoms. The maximum absolute atomic E-state index is 10.4. The van der Waals surface area contributed by atoms with Crippen LogP contribution in [0.2, 0.25) is 0 Å². The van der Waals surface area contributed by atoms with Gasteiger partial charge in [-0.3, -0.25) is 4.98 Å². The van der Waals surface area contributed by atoms with Crippen LogP contribution in [0.3, 0.4) is 0 Å². The molecule has 1 aromatic rings. The molecule has 0 amide bonds. The number of rotatable bonds is 5. The molecule has 2 nitrogen and oxygen atoms in total. The van der Waals surface area contributed by atoms with Gasteiger partial charge in [0.15, 0.2) is 0 Å². The molecule has 1 rings (SSSR count). The van der Waals surface area contributed by atoms with Crippen LogP contribution < -0.4 is 0 Å².